The van der Waals surface area contributed by atoms with Crippen LogP contribution >= 0.6 is 0 Å². The quantitative estimate of drug-likeness (QED) is 0.0461. The van der Waals surface area contributed by atoms with Gasteiger partial charge in [-0.2, -0.15) is 0 Å². The Labute approximate surface area is 439 Å². The Bertz CT molecular complexity index is 3660. The lowest BCUT2D eigenvalue weighted by Crippen LogP contribution is -2.54. The first-order chi connectivity index (χ1) is 39.1. The van der Waals surface area contributed by atoms with E-state index in [4.69, 9.17) is 7.31 Å². The Hall–Kier alpha value is -11.1. The number of hydrogen-bond acceptors (Lipinski definition) is 12. The Morgan fingerprint density at radius 2 is 1.03 bits per heavy atom. The van der Waals surface area contributed by atoms with Crippen LogP contribution in [0.3, 0.4) is 0 Å². The molecule has 0 aliphatic carbocycles. The van der Waals surface area contributed by atoms with E-state index in [1.165, 1.54) is 49.9 Å². The van der Waals surface area contributed by atoms with E-state index in [1.54, 1.807) is 121 Å². The van der Waals surface area contributed by atoms with Crippen LogP contribution in [-0.4, -0.2) is 63.0 Å². The van der Waals surface area contributed by atoms with Crippen LogP contribution in [0.2, 0.25) is 0 Å². The topological polar surface area (TPSA) is 298 Å². The summed E-state index contributed by atoms with van der Waals surface area (Å²) in [5, 5.41) is 24.9. The molecule has 6 N–H and O–H groups in total. The van der Waals surface area contributed by atoms with Crippen molar-refractivity contribution in [2.75, 3.05) is 25.8 Å². The molecule has 9 rings (SSSR count). The first-order valence-electron chi connectivity index (χ1n) is 25.4. The van der Waals surface area contributed by atoms with Crippen molar-refractivity contribution in [3.8, 4) is 11.6 Å². The summed E-state index contributed by atoms with van der Waals surface area (Å²) in [7, 11) is 1.25. The second-order valence-corrected chi connectivity index (χ2v) is 16.0. The van der Waals surface area contributed by atoms with Crippen molar-refractivity contribution < 1.29 is 57.0 Å². The van der Waals surface area contributed by atoms with Gasteiger partial charge < -0.3 is 27.5 Å². The van der Waals surface area contributed by atoms with Crippen LogP contribution in [0.15, 0.2) is 191 Å². The van der Waals surface area contributed by atoms with E-state index in [0.717, 1.165) is 23.1 Å². The predicted molar refractivity (Wildman–Crippen MR) is 284 cm³/mol. The van der Waals surface area contributed by atoms with Gasteiger partial charge in [0.1, 0.15) is 12.0 Å². The van der Waals surface area contributed by atoms with E-state index in [0.29, 0.717) is 31.8 Å². The highest BCUT2D eigenvalue weighted by molar-refractivity contribution is 6.37. The number of H-pyrrole nitrogens is 1. The zero-order valence-electron chi connectivity index (χ0n) is 45.8. The number of amides is 11. The van der Waals surface area contributed by atoms with Crippen LogP contribution in [0.5, 0.6) is 5.88 Å². The smallest absolute Gasteiger partial charge is 0.335 e. The normalized spacial score (nSPS) is 14.0. The summed E-state index contributed by atoms with van der Waals surface area (Å²) in [6.07, 6.45) is 2.69. The minimum Gasteiger partial charge on any atom is -1.00 e. The fourth-order valence-corrected chi connectivity index (χ4v) is 7.42. The highest BCUT2D eigenvalue weighted by Gasteiger charge is 2.37. The molecule has 21 nitrogen and oxygen atoms in total. The molecule has 2 saturated heterocycles. The van der Waals surface area contributed by atoms with Gasteiger partial charge in [0.15, 0.2) is 0 Å². The number of anilines is 5. The van der Waals surface area contributed by atoms with E-state index in [2.05, 4.69) is 31.6 Å². The molecule has 1 aromatic heterocycles. The molecule has 386 valence electrons. The number of carbonyl (C=O) groups excluding carboxylic acids is 9. The molecule has 0 bridgehead atoms. The number of barbiturate groups is 2. The maximum atomic E-state index is 13.4. The first-order valence-corrected chi connectivity index (χ1v) is 22.4. The largest absolute Gasteiger partial charge is 1.00 e. The molecule has 7 aromatic rings. The van der Waals surface area contributed by atoms with Crippen LogP contribution in [0.4, 0.5) is 38.0 Å². The lowest BCUT2D eigenvalue weighted by molar-refractivity contribution is -0.275. The molecule has 0 spiro atoms. The van der Waals surface area contributed by atoms with Gasteiger partial charge >= 0.3 is 17.8 Å². The summed E-state index contributed by atoms with van der Waals surface area (Å²) in [5.74, 6) is -5.49. The Morgan fingerprint density at radius 1 is 0.592 bits per heavy atom. The molecule has 6 aromatic carbocycles. The maximum absolute atomic E-state index is 13.4. The number of urea groups is 2. The van der Waals surface area contributed by atoms with Gasteiger partial charge in [-0.15, -0.1) is 0 Å². The number of aromatic amines is 1. The van der Waals surface area contributed by atoms with Gasteiger partial charge in [0.2, 0.25) is 11.8 Å². The summed E-state index contributed by atoms with van der Waals surface area (Å²) in [6.45, 7) is 0. The van der Waals surface area contributed by atoms with Gasteiger partial charge in [-0.3, -0.25) is 49.0 Å². The molecular weight excluding hydrogens is 979 g/mol. The Balaban J connectivity index is 0.000000390. The lowest BCUT2D eigenvalue weighted by Gasteiger charge is -2.26. The molecule has 2 aliphatic heterocycles. The minimum absolute atomic E-state index is 0. The van der Waals surface area contributed by atoms with Crippen molar-refractivity contribution in [3.05, 3.63) is 225 Å². The average Bonchev–Trinajstić information content (AvgIpc) is 3.66. The van der Waals surface area contributed by atoms with E-state index in [-0.39, 0.29) is 35.8 Å². The van der Waals surface area contributed by atoms with Crippen LogP contribution in [-0.2, 0) is 19.2 Å². The van der Waals surface area contributed by atoms with E-state index >= 15 is 0 Å². The van der Waals surface area contributed by atoms with Gasteiger partial charge in [-0.25, -0.2) is 28.8 Å². The zero-order chi connectivity index (χ0) is 59.2. The van der Waals surface area contributed by atoms with Crippen molar-refractivity contribution >= 4 is 87.9 Å². The molecule has 3 heterocycles. The predicted octanol–water partition coefficient (Wildman–Crippen LogP) is 6.48. The fraction of sp³-hybridized carbons (Fsp3) is 0.0364. The number of aromatic nitrogens is 2. The molecule has 76 heavy (non-hydrogen) atoms. The van der Waals surface area contributed by atoms with Crippen molar-refractivity contribution in [1.29, 1.82) is 0 Å². The number of nitrogens with one attached hydrogen (secondary N) is 6. The van der Waals surface area contributed by atoms with Gasteiger partial charge in [0, 0.05) is 46.6 Å². The number of carbonyl (C=O) groups is 9. The molecule has 21 heteroatoms. The number of allylic oxidation sites excluding steroid dienone is 2. The van der Waals surface area contributed by atoms with E-state index in [1.807, 2.05) is 0 Å². The number of nitrogens with zero attached hydrogens (tertiary/aromatic N) is 3. The number of benzene rings is 6. The molecule has 2 fully saturated rings. The Kier molecular flexibility index (Phi) is 15.0. The third-order valence-corrected chi connectivity index (χ3v) is 10.9. The van der Waals surface area contributed by atoms with Gasteiger partial charge in [0.25, 0.3) is 35.1 Å². The molecular formula is C55H47N9O12-2. The summed E-state index contributed by atoms with van der Waals surface area (Å²) in [6, 6.07) is 41.5. The fourth-order valence-electron chi connectivity index (χ4n) is 7.42. The van der Waals surface area contributed by atoms with Crippen LogP contribution in [0.1, 0.15) is 59.2 Å². The van der Waals surface area contributed by atoms with Crippen molar-refractivity contribution in [2.45, 2.75) is 13.8 Å². The van der Waals surface area contributed by atoms with E-state index < -0.39 is 82.2 Å². The standard InChI is InChI=1S/C37H26N6O8.C17H13N3O4.CH4.2H2.H/c44-30(22-10-3-1-4-11-22)38-24-14-7-16-26(20-24)42-34(48)28(32(46)40-36(42)50)18-9-19-29-33(47)41-37(51)43(35(29)49)27-17-8-15-25(21-27)39-31(45)23-12-5-2-6-13-23;21-14-10-15(22)20(17(24)19-14)13-8-4-7-12(9-13)18-16(23)11-5-2-1-3-6-11;;;;/h1-21,46H,(H,38,44)(H,39,45)(H,40,50)(H,41,47,51);1-9H,10H2,(H,18,23)(H,19,21,24);1H4;2*1H;/q;;;;;-1/p-1/i;;1D;2*1+1D;1+1. The molecule has 0 saturated carbocycles. The van der Waals surface area contributed by atoms with Crippen LogP contribution in [0.25, 0.3) is 11.8 Å². The number of rotatable bonds is 11. The SMILES string of the molecule is O=C1CC(=O)N(c2cccc(NC(=O)c3ccccc3)c2)C(=O)N1.O=C1NC(=O)N(c2cccc(NC(=O)c3ccccc3)c2)C(=O)C1=CC=Cc1c([O-])[nH]c(=O)n(-c2cccc(NC(=O)c3ccccc3)c2)c1=O.[2H-].[2H]C.[2H][2H].[2H][2H]. The van der Waals surface area contributed by atoms with Crippen molar-refractivity contribution in [3.63, 3.8) is 0 Å². The third-order valence-electron chi connectivity index (χ3n) is 10.9. The van der Waals surface area contributed by atoms with Crippen molar-refractivity contribution in [1.82, 2.24) is 20.2 Å². The first kappa shape index (κ1) is 48.5. The minimum atomic E-state index is -1.04. The second-order valence-electron chi connectivity index (χ2n) is 16.0. The monoisotopic (exact) mass is 1030 g/mol. The lowest BCUT2D eigenvalue weighted by atomic mass is 10.1. The highest BCUT2D eigenvalue weighted by atomic mass is 16.3. The van der Waals surface area contributed by atoms with Crippen LogP contribution in [0, 0.1) is 0 Å². The molecule has 0 unspecified atom stereocenters. The number of hydrogen-bond donors (Lipinski definition) is 6. The van der Waals surface area contributed by atoms with Gasteiger partial charge in [0.05, 0.1) is 17.1 Å². The summed E-state index contributed by atoms with van der Waals surface area (Å²) in [5.41, 5.74) is -0.502. The summed E-state index contributed by atoms with van der Waals surface area (Å²) >= 11 is 0. The molecule has 0 atom stereocenters. The average molecular weight is 1030 g/mol. The molecule has 0 radical (unpaired) electrons. The Morgan fingerprint density at radius 3 is 1.50 bits per heavy atom. The van der Waals surface area contributed by atoms with Crippen LogP contribution < -0.4 is 52.7 Å². The molecule has 11 amide bonds. The van der Waals surface area contributed by atoms with Gasteiger partial charge in [-0.1, -0.05) is 86.3 Å². The van der Waals surface area contributed by atoms with Gasteiger partial charge in [-0.05, 0) is 109 Å². The summed E-state index contributed by atoms with van der Waals surface area (Å²) < 4.78 is 26.4. The zero-order valence-corrected chi connectivity index (χ0v) is 39.8. The highest BCUT2D eigenvalue weighted by Crippen LogP contribution is 2.26. The van der Waals surface area contributed by atoms with E-state index in [9.17, 15) is 57.8 Å². The third kappa shape index (κ3) is 12.1. The molecule has 2 aliphatic rings. The maximum Gasteiger partial charge on any atom is 0.335 e. The summed E-state index contributed by atoms with van der Waals surface area (Å²) in [4.78, 5) is 141. The second kappa shape index (κ2) is 23.4. The number of imide groups is 4. The van der Waals surface area contributed by atoms with Crippen molar-refractivity contribution in [2.24, 2.45) is 0 Å².